The molecular weight excluding hydrogens is 636 g/mol. The third kappa shape index (κ3) is 10.4. The molecule has 0 spiro atoms. The molecule has 264 valence electrons. The quantitative estimate of drug-likeness (QED) is 0.0626. The van der Waals surface area contributed by atoms with Crippen molar-refractivity contribution in [2.24, 2.45) is 0 Å². The van der Waals surface area contributed by atoms with Crippen LogP contribution in [0.25, 0.3) is 11.1 Å². The summed E-state index contributed by atoms with van der Waals surface area (Å²) in [7, 11) is 0. The van der Waals surface area contributed by atoms with Gasteiger partial charge in [-0.3, -0.25) is 9.59 Å². The van der Waals surface area contributed by atoms with E-state index in [-0.39, 0.29) is 41.7 Å². The van der Waals surface area contributed by atoms with Gasteiger partial charge in [-0.2, -0.15) is 0 Å². The minimum absolute atomic E-state index is 0.0773. The smallest absolute Gasteiger partial charge is 0.196 e. The number of aliphatic hydroxyl groups excluding tert-OH is 1. The number of benzene rings is 5. The van der Waals surface area contributed by atoms with Crippen LogP contribution >= 0.6 is 0 Å². The van der Waals surface area contributed by atoms with Crippen LogP contribution < -0.4 is 9.47 Å². The molecule has 0 aliphatic heterocycles. The largest absolute Gasteiger partial charge is 0.506 e. The molecule has 0 aliphatic rings. The number of aliphatic hydroxyl groups is 1. The molecule has 0 saturated heterocycles. The summed E-state index contributed by atoms with van der Waals surface area (Å²) in [6.07, 6.45) is 9.46. The lowest BCUT2D eigenvalue weighted by Crippen LogP contribution is -2.17. The normalized spacial score (nSPS) is 11.6. The fourth-order valence-corrected chi connectivity index (χ4v) is 6.17. The van der Waals surface area contributed by atoms with Crippen LogP contribution in [0, 0.1) is 0 Å². The number of hydrogen-bond acceptors (Lipinski definition) is 6. The number of ketones is 2. The van der Waals surface area contributed by atoms with E-state index in [1.165, 1.54) is 38.5 Å². The fraction of sp³-hybridized carbons (Fsp3) is 0.289. The number of carbonyl (C=O) groups excluding carboxylic acids is 2. The topological polar surface area (TPSA) is 93.1 Å². The van der Waals surface area contributed by atoms with Gasteiger partial charge in [-0.15, -0.1) is 0 Å². The zero-order valence-corrected chi connectivity index (χ0v) is 29.4. The van der Waals surface area contributed by atoms with Crippen molar-refractivity contribution in [1.82, 2.24) is 0 Å². The molecular formula is C45H48O6. The molecule has 1 atom stereocenters. The number of hydrogen-bond donors (Lipinski definition) is 2. The maximum absolute atomic E-state index is 14.0. The summed E-state index contributed by atoms with van der Waals surface area (Å²) in [6.45, 7) is 2.50. The zero-order chi connectivity index (χ0) is 35.8. The number of carbonyl (C=O) groups is 2. The molecule has 6 heteroatoms. The van der Waals surface area contributed by atoms with Gasteiger partial charge in [0.05, 0.1) is 17.2 Å². The van der Waals surface area contributed by atoms with Crippen LogP contribution in [0.5, 0.6) is 17.2 Å². The second kappa shape index (κ2) is 19.3. The highest BCUT2D eigenvalue weighted by Gasteiger charge is 2.26. The van der Waals surface area contributed by atoms with Crippen LogP contribution in [0.4, 0.5) is 0 Å². The van der Waals surface area contributed by atoms with E-state index in [4.69, 9.17) is 9.47 Å². The molecule has 51 heavy (non-hydrogen) atoms. The van der Waals surface area contributed by atoms with Crippen LogP contribution in [-0.2, 0) is 6.61 Å². The van der Waals surface area contributed by atoms with Crippen LogP contribution in [0.2, 0.25) is 0 Å². The zero-order valence-electron chi connectivity index (χ0n) is 29.4. The molecule has 5 aromatic carbocycles. The highest BCUT2D eigenvalue weighted by atomic mass is 16.5. The first kappa shape index (κ1) is 37.1. The van der Waals surface area contributed by atoms with Crippen LogP contribution in [0.3, 0.4) is 0 Å². The minimum Gasteiger partial charge on any atom is -0.506 e. The Morgan fingerprint density at radius 2 is 1.18 bits per heavy atom. The predicted octanol–water partition coefficient (Wildman–Crippen LogP) is 10.4. The summed E-state index contributed by atoms with van der Waals surface area (Å²) >= 11 is 0. The van der Waals surface area contributed by atoms with Gasteiger partial charge >= 0.3 is 0 Å². The number of ether oxygens (including phenoxy) is 2. The number of aromatic hydroxyl groups is 1. The third-order valence-electron chi connectivity index (χ3n) is 9.03. The Labute approximate surface area is 301 Å². The first-order chi connectivity index (χ1) is 25.0. The molecule has 0 aliphatic carbocycles. The molecule has 0 aromatic heterocycles. The van der Waals surface area contributed by atoms with Crippen molar-refractivity contribution in [3.8, 4) is 28.4 Å². The Kier molecular flexibility index (Phi) is 14.0. The van der Waals surface area contributed by atoms with Crippen molar-refractivity contribution < 1.29 is 29.3 Å². The highest BCUT2D eigenvalue weighted by molar-refractivity contribution is 6.15. The van der Waals surface area contributed by atoms with E-state index >= 15 is 0 Å². The van der Waals surface area contributed by atoms with Crippen molar-refractivity contribution in [2.75, 3.05) is 6.61 Å². The van der Waals surface area contributed by atoms with E-state index < -0.39 is 6.10 Å². The van der Waals surface area contributed by atoms with E-state index in [0.29, 0.717) is 40.2 Å². The first-order valence-electron chi connectivity index (χ1n) is 18.1. The van der Waals surface area contributed by atoms with Crippen LogP contribution in [0.1, 0.15) is 102 Å². The van der Waals surface area contributed by atoms with E-state index in [9.17, 15) is 19.8 Å². The molecule has 2 N–H and O–H groups in total. The van der Waals surface area contributed by atoms with Gasteiger partial charge in [-0.05, 0) is 42.3 Å². The summed E-state index contributed by atoms with van der Waals surface area (Å²) in [6, 6.07) is 35.5. The number of unbranched alkanes of at least 4 members (excludes halogenated alkanes) is 7. The van der Waals surface area contributed by atoms with Crippen molar-refractivity contribution in [3.05, 3.63) is 149 Å². The Morgan fingerprint density at radius 1 is 0.627 bits per heavy atom. The third-order valence-corrected chi connectivity index (χ3v) is 9.03. The van der Waals surface area contributed by atoms with Gasteiger partial charge in [-0.1, -0.05) is 149 Å². The molecule has 0 bridgehead atoms. The molecule has 0 radical (unpaired) electrons. The predicted molar refractivity (Wildman–Crippen MR) is 203 cm³/mol. The fourth-order valence-electron chi connectivity index (χ4n) is 6.17. The molecule has 0 saturated carbocycles. The van der Waals surface area contributed by atoms with Crippen molar-refractivity contribution in [2.45, 2.75) is 77.4 Å². The standard InChI is InChI=1S/C45H48O6/c1-2-3-4-5-6-7-8-18-25-36(46)32-50-37-26-27-38(43(47)34-21-14-10-15-22-34)40(30-37)42-41(51-31-33-19-12-9-13-20-33)29-28-39(45(42)49)44(48)35-23-16-11-17-24-35/h9-17,19-24,26-30,36,46,49H,2-8,18,25,31-32H2,1H3. The summed E-state index contributed by atoms with van der Waals surface area (Å²) in [5.74, 6) is -0.215. The van der Waals surface area contributed by atoms with E-state index in [2.05, 4.69) is 6.92 Å². The van der Waals surface area contributed by atoms with E-state index in [0.717, 1.165) is 18.4 Å². The maximum atomic E-state index is 14.0. The van der Waals surface area contributed by atoms with Gasteiger partial charge in [0.25, 0.3) is 0 Å². The molecule has 5 rings (SSSR count). The molecule has 0 heterocycles. The lowest BCUT2D eigenvalue weighted by Gasteiger charge is -2.19. The molecule has 6 nitrogen and oxygen atoms in total. The first-order valence-corrected chi connectivity index (χ1v) is 18.1. The molecule has 1 unspecified atom stereocenters. The average Bonchev–Trinajstić information content (AvgIpc) is 3.18. The van der Waals surface area contributed by atoms with Gasteiger partial charge in [-0.25, -0.2) is 0 Å². The number of phenolic OH excluding ortho intramolecular Hbond substituents is 1. The monoisotopic (exact) mass is 684 g/mol. The summed E-state index contributed by atoms with van der Waals surface area (Å²) in [5.41, 5.74) is 2.73. The van der Waals surface area contributed by atoms with E-state index in [1.807, 2.05) is 42.5 Å². The second-order valence-corrected chi connectivity index (χ2v) is 12.9. The Balaban J connectivity index is 1.47. The van der Waals surface area contributed by atoms with Crippen LogP contribution in [0.15, 0.2) is 121 Å². The Hall–Kier alpha value is -5.20. The SMILES string of the molecule is CCCCCCCCCCC(O)COc1ccc(C(=O)c2ccccc2)c(-c2c(OCc3ccccc3)ccc(C(=O)c3ccccc3)c2O)c1. The maximum Gasteiger partial charge on any atom is 0.196 e. The van der Waals surface area contributed by atoms with Gasteiger partial charge < -0.3 is 19.7 Å². The summed E-state index contributed by atoms with van der Waals surface area (Å²) in [4.78, 5) is 27.7. The van der Waals surface area contributed by atoms with Crippen molar-refractivity contribution in [3.63, 3.8) is 0 Å². The molecule has 5 aromatic rings. The number of rotatable bonds is 20. The van der Waals surface area contributed by atoms with Crippen LogP contribution in [-0.4, -0.2) is 34.5 Å². The molecule has 0 amide bonds. The van der Waals surface area contributed by atoms with Crippen molar-refractivity contribution >= 4 is 11.6 Å². The summed E-state index contributed by atoms with van der Waals surface area (Å²) < 4.78 is 12.4. The minimum atomic E-state index is -0.649. The lowest BCUT2D eigenvalue weighted by molar-refractivity contribution is 0.0973. The van der Waals surface area contributed by atoms with Gasteiger partial charge in [0.1, 0.15) is 30.5 Å². The molecule has 0 fully saturated rings. The average molecular weight is 685 g/mol. The van der Waals surface area contributed by atoms with Gasteiger partial charge in [0.2, 0.25) is 0 Å². The number of phenols is 1. The lowest BCUT2D eigenvalue weighted by atomic mass is 9.90. The van der Waals surface area contributed by atoms with Gasteiger partial charge in [0.15, 0.2) is 11.6 Å². The Bertz CT molecular complexity index is 1840. The van der Waals surface area contributed by atoms with Gasteiger partial charge in [0, 0.05) is 22.3 Å². The second-order valence-electron chi connectivity index (χ2n) is 12.9. The van der Waals surface area contributed by atoms with E-state index in [1.54, 1.807) is 78.9 Å². The van der Waals surface area contributed by atoms with Crippen molar-refractivity contribution in [1.29, 1.82) is 0 Å². The summed E-state index contributed by atoms with van der Waals surface area (Å²) in [5, 5.41) is 22.7. The Morgan fingerprint density at radius 3 is 1.80 bits per heavy atom. The highest BCUT2D eigenvalue weighted by Crippen LogP contribution is 2.44.